The Bertz CT molecular complexity index is 1520. The van der Waals surface area contributed by atoms with E-state index in [4.69, 9.17) is 23.4 Å². The van der Waals surface area contributed by atoms with Gasteiger partial charge in [-0.2, -0.15) is 0 Å². The van der Waals surface area contributed by atoms with Crippen molar-refractivity contribution in [1.29, 1.82) is 0 Å². The van der Waals surface area contributed by atoms with Crippen LogP contribution in [0, 0.1) is 0 Å². The van der Waals surface area contributed by atoms with E-state index in [-0.39, 0.29) is 23.8 Å². The van der Waals surface area contributed by atoms with E-state index in [1.165, 1.54) is 0 Å². The molecule has 0 spiro atoms. The van der Waals surface area contributed by atoms with E-state index in [1.807, 2.05) is 97.1 Å². The van der Waals surface area contributed by atoms with Crippen LogP contribution in [0.25, 0.3) is 0 Å². The maximum atomic E-state index is 12.0. The second-order valence-corrected chi connectivity index (χ2v) is 19.5. The van der Waals surface area contributed by atoms with Crippen LogP contribution in [0.3, 0.4) is 0 Å². The lowest BCUT2D eigenvalue weighted by molar-refractivity contribution is -0.166. The Morgan fingerprint density at radius 3 is 1.58 bits per heavy atom. The first-order valence-electron chi connectivity index (χ1n) is 17.8. The van der Waals surface area contributed by atoms with Gasteiger partial charge in [0, 0.05) is 6.54 Å². The van der Waals surface area contributed by atoms with Crippen LogP contribution >= 0.6 is 0 Å². The molecule has 268 valence electrons. The van der Waals surface area contributed by atoms with E-state index in [0.717, 1.165) is 22.3 Å². The van der Waals surface area contributed by atoms with Gasteiger partial charge in [-0.15, -0.1) is 0 Å². The van der Waals surface area contributed by atoms with Crippen LogP contribution in [0.4, 0.5) is 0 Å². The molecule has 0 aliphatic carbocycles. The van der Waals surface area contributed by atoms with Crippen molar-refractivity contribution < 1.29 is 28.5 Å². The maximum absolute atomic E-state index is 12.0. The molecule has 7 nitrogen and oxygen atoms in total. The van der Waals surface area contributed by atoms with Gasteiger partial charge in [0.2, 0.25) is 0 Å². The van der Waals surface area contributed by atoms with Crippen molar-refractivity contribution in [2.45, 2.75) is 102 Å². The molecule has 4 aromatic rings. The average molecular weight is 698 g/mol. The van der Waals surface area contributed by atoms with Crippen LogP contribution in [0.5, 0.6) is 0 Å². The monoisotopic (exact) mass is 697 g/mol. The largest absolute Gasteiger partial charge is 0.414 e. The van der Waals surface area contributed by atoms with Gasteiger partial charge >= 0.3 is 0 Å². The average Bonchev–Trinajstić information content (AvgIpc) is 3.53. The lowest BCUT2D eigenvalue weighted by Gasteiger charge is -2.40. The lowest BCUT2D eigenvalue weighted by atomic mass is 9.96. The second-order valence-electron chi connectivity index (χ2n) is 14.7. The molecule has 0 radical (unpaired) electrons. The molecule has 4 aromatic carbocycles. The zero-order valence-electron chi connectivity index (χ0n) is 30.2. The van der Waals surface area contributed by atoms with Gasteiger partial charge in [0.15, 0.2) is 8.32 Å². The van der Waals surface area contributed by atoms with Crippen LogP contribution in [0.2, 0.25) is 18.1 Å². The fourth-order valence-electron chi connectivity index (χ4n) is 5.89. The highest BCUT2D eigenvalue weighted by atomic mass is 28.4. The number of hydrogen-bond donors (Lipinski definition) is 2. The van der Waals surface area contributed by atoms with E-state index < -0.39 is 32.7 Å². The summed E-state index contributed by atoms with van der Waals surface area (Å²) in [6.07, 6.45) is -2.97. The van der Waals surface area contributed by atoms with Crippen LogP contribution in [0.1, 0.15) is 43.0 Å². The minimum Gasteiger partial charge on any atom is -0.414 e. The summed E-state index contributed by atoms with van der Waals surface area (Å²) in [5, 5.41) is 15.7. The van der Waals surface area contributed by atoms with Crippen molar-refractivity contribution >= 4 is 8.32 Å². The Labute approximate surface area is 300 Å². The number of ether oxygens (including phenoxy) is 4. The first-order chi connectivity index (χ1) is 24.1. The Morgan fingerprint density at radius 2 is 1.10 bits per heavy atom. The first kappa shape index (κ1) is 38.1. The predicted molar refractivity (Wildman–Crippen MR) is 201 cm³/mol. The summed E-state index contributed by atoms with van der Waals surface area (Å²) in [5.74, 6) is 0. The number of aliphatic hydroxyl groups excluding tert-OH is 1. The van der Waals surface area contributed by atoms with Crippen molar-refractivity contribution in [1.82, 2.24) is 5.32 Å². The number of benzene rings is 4. The summed E-state index contributed by atoms with van der Waals surface area (Å²) >= 11 is 0. The lowest BCUT2D eigenvalue weighted by Crippen LogP contribution is -2.56. The normalized spacial score (nSPS) is 20.0. The molecular weight excluding hydrogens is 643 g/mol. The molecule has 0 aromatic heterocycles. The van der Waals surface area contributed by atoms with E-state index in [9.17, 15) is 5.11 Å². The fraction of sp³-hybridized carbons (Fsp3) is 0.429. The molecule has 0 amide bonds. The molecule has 1 aliphatic heterocycles. The molecule has 1 heterocycles. The molecule has 8 heteroatoms. The standard InChI is InChI=1S/C42H55NO6Si/c1-42(2,3)50(4,5)49-31-36(44)39(46-28-33-20-12-7-13-21-33)41(48-30-35-24-16-9-17-25-35)38-40(47-29-34-22-14-8-15-23-34)37(26-43-38)45-27-32-18-10-6-11-19-32/h6-25,36-41,43-44H,26-31H2,1-5H3/t36-,37+,38+,39+,40+,41+/m0/s1. The molecule has 1 aliphatic rings. The Morgan fingerprint density at radius 1 is 0.660 bits per heavy atom. The summed E-state index contributed by atoms with van der Waals surface area (Å²) in [6, 6.07) is 40.1. The third-order valence-electron chi connectivity index (χ3n) is 9.92. The highest BCUT2D eigenvalue weighted by Crippen LogP contribution is 2.37. The number of nitrogens with one attached hydrogen (secondary N) is 1. The van der Waals surface area contributed by atoms with E-state index in [2.05, 4.69) is 63.4 Å². The minimum absolute atomic E-state index is 0.0109. The van der Waals surface area contributed by atoms with Crippen LogP contribution in [-0.4, -0.2) is 63.1 Å². The predicted octanol–water partition coefficient (Wildman–Crippen LogP) is 7.68. The second kappa shape index (κ2) is 18.3. The Kier molecular flexibility index (Phi) is 14.0. The van der Waals surface area contributed by atoms with E-state index in [1.54, 1.807) is 0 Å². The van der Waals surface area contributed by atoms with Gasteiger partial charge in [-0.25, -0.2) is 0 Å². The van der Waals surface area contributed by atoms with Gasteiger partial charge in [0.05, 0.1) is 45.2 Å². The van der Waals surface area contributed by atoms with Crippen molar-refractivity contribution in [3.05, 3.63) is 144 Å². The summed E-state index contributed by atoms with van der Waals surface area (Å²) in [4.78, 5) is 0. The van der Waals surface area contributed by atoms with Crippen molar-refractivity contribution in [2.75, 3.05) is 13.2 Å². The van der Waals surface area contributed by atoms with Crippen LogP contribution in [0.15, 0.2) is 121 Å². The highest BCUT2D eigenvalue weighted by Gasteiger charge is 2.48. The molecule has 1 saturated heterocycles. The smallest absolute Gasteiger partial charge is 0.192 e. The van der Waals surface area contributed by atoms with E-state index >= 15 is 0 Å². The maximum Gasteiger partial charge on any atom is 0.192 e. The number of rotatable bonds is 18. The molecule has 0 bridgehead atoms. The molecule has 2 N–H and O–H groups in total. The fourth-order valence-corrected chi connectivity index (χ4v) is 6.91. The van der Waals surface area contributed by atoms with Crippen LogP contribution < -0.4 is 5.32 Å². The Hall–Kier alpha value is -3.18. The van der Waals surface area contributed by atoms with E-state index in [0.29, 0.717) is 33.0 Å². The van der Waals surface area contributed by atoms with Gasteiger partial charge in [-0.05, 0) is 40.4 Å². The number of hydrogen-bond acceptors (Lipinski definition) is 7. The van der Waals surface area contributed by atoms with Gasteiger partial charge in [-0.3, -0.25) is 0 Å². The summed E-state index contributed by atoms with van der Waals surface area (Å²) in [6.45, 7) is 13.2. The zero-order chi connectivity index (χ0) is 35.4. The third-order valence-corrected chi connectivity index (χ3v) is 14.4. The van der Waals surface area contributed by atoms with Gasteiger partial charge < -0.3 is 33.8 Å². The molecule has 50 heavy (non-hydrogen) atoms. The minimum atomic E-state index is -2.17. The molecule has 0 unspecified atom stereocenters. The summed E-state index contributed by atoms with van der Waals surface area (Å²) < 4.78 is 33.5. The molecule has 6 atom stereocenters. The van der Waals surface area contributed by atoms with Gasteiger partial charge in [-0.1, -0.05) is 142 Å². The van der Waals surface area contributed by atoms with Gasteiger partial charge in [0.1, 0.15) is 24.4 Å². The topological polar surface area (TPSA) is 78.4 Å². The third kappa shape index (κ3) is 10.9. The van der Waals surface area contributed by atoms with Crippen molar-refractivity contribution in [2.24, 2.45) is 0 Å². The summed E-state index contributed by atoms with van der Waals surface area (Å²) in [7, 11) is -2.17. The molecule has 5 rings (SSSR count). The van der Waals surface area contributed by atoms with Crippen molar-refractivity contribution in [3.63, 3.8) is 0 Å². The van der Waals surface area contributed by atoms with Crippen molar-refractivity contribution in [3.8, 4) is 0 Å². The molecule has 1 fully saturated rings. The first-order valence-corrected chi connectivity index (χ1v) is 20.7. The molecule has 0 saturated carbocycles. The highest BCUT2D eigenvalue weighted by molar-refractivity contribution is 6.74. The Balaban J connectivity index is 1.46. The SMILES string of the molecule is CC(C)(C)[Si](C)(C)OC[C@H](O)[C@@H](OCc1ccccc1)[C@H](OCc1ccccc1)[C@@H]1NC[C@@H](OCc2ccccc2)[C@H]1OCc1ccccc1. The number of aliphatic hydroxyl groups is 1. The quantitative estimate of drug-likeness (QED) is 0.103. The molecular formula is C42H55NO6Si. The zero-order valence-corrected chi connectivity index (χ0v) is 31.2. The van der Waals surface area contributed by atoms with Gasteiger partial charge in [0.25, 0.3) is 0 Å². The summed E-state index contributed by atoms with van der Waals surface area (Å²) in [5.41, 5.74) is 4.21. The van der Waals surface area contributed by atoms with Crippen LogP contribution in [-0.2, 0) is 49.8 Å².